The molecule has 34 heavy (non-hydrogen) atoms. The highest BCUT2D eigenvalue weighted by Crippen LogP contribution is 2.63. The summed E-state index contributed by atoms with van der Waals surface area (Å²) in [5.41, 5.74) is 4.33. The molecule has 4 aliphatic rings. The second-order valence-electron chi connectivity index (χ2n) is 10.3. The van der Waals surface area contributed by atoms with Crippen LogP contribution in [0.2, 0.25) is 0 Å². The minimum atomic E-state index is -0.782. The van der Waals surface area contributed by atoms with E-state index in [2.05, 4.69) is 34.9 Å². The second-order valence-corrected chi connectivity index (χ2v) is 10.3. The van der Waals surface area contributed by atoms with Crippen molar-refractivity contribution in [1.29, 1.82) is 0 Å². The Morgan fingerprint density at radius 3 is 2.29 bits per heavy atom. The first kappa shape index (κ1) is 21.2. The lowest BCUT2D eigenvalue weighted by atomic mass is 9.98. The van der Waals surface area contributed by atoms with Gasteiger partial charge in [0.05, 0.1) is 11.3 Å². The molecule has 5 unspecified atom stereocenters. The Labute approximate surface area is 197 Å². The molecular formula is C27H28N2O5. The van der Waals surface area contributed by atoms with E-state index in [1.54, 1.807) is 0 Å². The molecule has 0 aliphatic heterocycles. The summed E-state index contributed by atoms with van der Waals surface area (Å²) in [5, 5.41) is 15.0. The van der Waals surface area contributed by atoms with E-state index in [9.17, 15) is 14.4 Å². The van der Waals surface area contributed by atoms with Crippen molar-refractivity contribution in [3.63, 3.8) is 0 Å². The fourth-order valence-corrected chi connectivity index (χ4v) is 6.27. The first-order valence-corrected chi connectivity index (χ1v) is 12.1. The van der Waals surface area contributed by atoms with Crippen molar-refractivity contribution >= 4 is 18.0 Å². The van der Waals surface area contributed by atoms with Gasteiger partial charge in [-0.3, -0.25) is 9.59 Å². The van der Waals surface area contributed by atoms with Gasteiger partial charge in [-0.1, -0.05) is 48.5 Å². The standard InChI is InChI=1S/C27H28N2O5/c30-24(31)22-9-15(22)13-28-25(32)27-11-16(27)10-17(12-27)29-26(33)34-14-23-20-7-3-1-5-18(20)19-6-2-4-8-21(19)23/h1-8,15-17,22-23H,9-14H2,(H,28,32)(H,29,33)(H,30,31). The van der Waals surface area contributed by atoms with E-state index in [1.165, 1.54) is 22.3 Å². The zero-order chi connectivity index (χ0) is 23.4. The highest BCUT2D eigenvalue weighted by Gasteiger charge is 2.65. The number of amides is 2. The van der Waals surface area contributed by atoms with Gasteiger partial charge in [0.2, 0.25) is 5.91 Å². The first-order chi connectivity index (χ1) is 16.5. The Hall–Kier alpha value is -3.35. The van der Waals surface area contributed by atoms with Crippen molar-refractivity contribution in [2.45, 2.75) is 37.6 Å². The molecule has 4 aliphatic carbocycles. The van der Waals surface area contributed by atoms with Crippen LogP contribution in [0.1, 0.15) is 42.7 Å². The Bertz CT molecular complexity index is 1130. The van der Waals surface area contributed by atoms with Gasteiger partial charge in [-0.25, -0.2) is 4.79 Å². The van der Waals surface area contributed by atoms with Crippen LogP contribution in [0.3, 0.4) is 0 Å². The number of rotatable bonds is 7. The minimum Gasteiger partial charge on any atom is -0.481 e. The number of aliphatic carboxylic acids is 1. The van der Waals surface area contributed by atoms with Crippen LogP contribution < -0.4 is 10.6 Å². The second kappa shape index (κ2) is 7.86. The zero-order valence-corrected chi connectivity index (χ0v) is 18.8. The summed E-state index contributed by atoms with van der Waals surface area (Å²) in [6, 6.07) is 16.4. The number of carbonyl (C=O) groups excluding carboxylic acids is 2. The maximum absolute atomic E-state index is 12.8. The lowest BCUT2D eigenvalue weighted by Crippen LogP contribution is -2.38. The summed E-state index contributed by atoms with van der Waals surface area (Å²) in [4.78, 5) is 36.4. The Morgan fingerprint density at radius 1 is 0.971 bits per heavy atom. The van der Waals surface area contributed by atoms with Crippen LogP contribution in [-0.4, -0.2) is 42.3 Å². The number of carboxylic acid groups (broad SMARTS) is 1. The number of nitrogens with one attached hydrogen (secondary N) is 2. The SMILES string of the molecule is O=C(NC1CC2CC2(C(=O)NCC2CC2C(=O)O)C1)OCC1c2ccccc2-c2ccccc21. The molecule has 2 aromatic carbocycles. The van der Waals surface area contributed by atoms with E-state index in [0.717, 1.165) is 12.8 Å². The average molecular weight is 461 g/mol. The van der Waals surface area contributed by atoms with Gasteiger partial charge in [-0.15, -0.1) is 0 Å². The molecule has 176 valence electrons. The van der Waals surface area contributed by atoms with Crippen LogP contribution in [0.15, 0.2) is 48.5 Å². The number of fused-ring (bicyclic) bond motifs is 4. The molecule has 0 saturated heterocycles. The third-order valence-electron chi connectivity index (χ3n) is 8.29. The van der Waals surface area contributed by atoms with Crippen molar-refractivity contribution in [3.05, 3.63) is 59.7 Å². The Kier molecular flexibility index (Phi) is 4.90. The topological polar surface area (TPSA) is 105 Å². The molecule has 3 saturated carbocycles. The van der Waals surface area contributed by atoms with Gasteiger partial charge in [0.15, 0.2) is 0 Å². The van der Waals surface area contributed by atoms with Gasteiger partial charge >= 0.3 is 12.1 Å². The number of carboxylic acids is 1. The van der Waals surface area contributed by atoms with Gasteiger partial charge in [0.25, 0.3) is 0 Å². The van der Waals surface area contributed by atoms with Crippen molar-refractivity contribution in [2.24, 2.45) is 23.2 Å². The van der Waals surface area contributed by atoms with Crippen LogP contribution in [0.25, 0.3) is 11.1 Å². The Morgan fingerprint density at radius 2 is 1.65 bits per heavy atom. The van der Waals surface area contributed by atoms with E-state index in [0.29, 0.717) is 19.4 Å². The third kappa shape index (κ3) is 3.54. The number of hydrogen-bond acceptors (Lipinski definition) is 4. The molecule has 0 bridgehead atoms. The highest BCUT2D eigenvalue weighted by atomic mass is 16.5. The van der Waals surface area contributed by atoms with Crippen LogP contribution in [0.4, 0.5) is 4.79 Å². The van der Waals surface area contributed by atoms with E-state index < -0.39 is 17.5 Å². The maximum Gasteiger partial charge on any atom is 0.407 e. The molecule has 2 amide bonds. The first-order valence-electron chi connectivity index (χ1n) is 12.1. The molecule has 3 fully saturated rings. The molecule has 2 aromatic rings. The molecule has 0 radical (unpaired) electrons. The fraction of sp³-hybridized carbons (Fsp3) is 0.444. The van der Waals surface area contributed by atoms with E-state index in [-0.39, 0.29) is 42.2 Å². The lowest BCUT2D eigenvalue weighted by Gasteiger charge is -2.19. The molecular weight excluding hydrogens is 432 g/mol. The van der Waals surface area contributed by atoms with Crippen LogP contribution in [-0.2, 0) is 14.3 Å². The zero-order valence-electron chi connectivity index (χ0n) is 18.8. The van der Waals surface area contributed by atoms with Crippen LogP contribution in [0.5, 0.6) is 0 Å². The molecule has 0 heterocycles. The summed E-state index contributed by atoms with van der Waals surface area (Å²) >= 11 is 0. The number of benzene rings is 2. The fourth-order valence-electron chi connectivity index (χ4n) is 6.27. The van der Waals surface area contributed by atoms with Gasteiger partial charge in [0, 0.05) is 18.5 Å². The summed E-state index contributed by atoms with van der Waals surface area (Å²) < 4.78 is 5.66. The van der Waals surface area contributed by atoms with E-state index in [1.807, 2.05) is 24.3 Å². The molecule has 7 heteroatoms. The molecule has 7 nitrogen and oxygen atoms in total. The van der Waals surface area contributed by atoms with Crippen molar-refractivity contribution in [1.82, 2.24) is 10.6 Å². The third-order valence-corrected chi connectivity index (χ3v) is 8.29. The Balaban J connectivity index is 1.01. The highest BCUT2D eigenvalue weighted by molar-refractivity contribution is 5.87. The lowest BCUT2D eigenvalue weighted by molar-refractivity contribution is -0.139. The van der Waals surface area contributed by atoms with Crippen molar-refractivity contribution < 1.29 is 24.2 Å². The predicted molar refractivity (Wildman–Crippen MR) is 124 cm³/mol. The predicted octanol–water partition coefficient (Wildman–Crippen LogP) is 3.53. The molecule has 0 aromatic heterocycles. The molecule has 6 rings (SSSR count). The monoisotopic (exact) mass is 460 g/mol. The normalized spacial score (nSPS) is 30.0. The van der Waals surface area contributed by atoms with Crippen molar-refractivity contribution in [2.75, 3.05) is 13.2 Å². The number of hydrogen-bond donors (Lipinski definition) is 3. The van der Waals surface area contributed by atoms with Gasteiger partial charge in [-0.05, 0) is 59.8 Å². The van der Waals surface area contributed by atoms with Crippen LogP contribution in [0, 0.1) is 23.2 Å². The van der Waals surface area contributed by atoms with Gasteiger partial charge < -0.3 is 20.5 Å². The van der Waals surface area contributed by atoms with E-state index in [4.69, 9.17) is 9.84 Å². The van der Waals surface area contributed by atoms with E-state index >= 15 is 0 Å². The number of ether oxygens (including phenoxy) is 1. The molecule has 5 atom stereocenters. The van der Waals surface area contributed by atoms with Gasteiger partial charge in [0.1, 0.15) is 6.61 Å². The summed E-state index contributed by atoms with van der Waals surface area (Å²) in [6.45, 7) is 0.697. The summed E-state index contributed by atoms with van der Waals surface area (Å²) in [5.74, 6) is -0.754. The average Bonchev–Trinajstić information content (AvgIpc) is 3.70. The van der Waals surface area contributed by atoms with Gasteiger partial charge in [-0.2, -0.15) is 0 Å². The molecule has 0 spiro atoms. The largest absolute Gasteiger partial charge is 0.481 e. The summed E-state index contributed by atoms with van der Waals surface area (Å²) in [7, 11) is 0. The molecule has 3 N–H and O–H groups in total. The van der Waals surface area contributed by atoms with Crippen molar-refractivity contribution in [3.8, 4) is 11.1 Å². The smallest absolute Gasteiger partial charge is 0.407 e. The number of alkyl carbamates (subject to hydrolysis) is 1. The summed E-state index contributed by atoms with van der Waals surface area (Å²) in [6.07, 6.45) is 2.43. The quantitative estimate of drug-likeness (QED) is 0.586. The number of carbonyl (C=O) groups is 3. The maximum atomic E-state index is 12.8. The van der Waals surface area contributed by atoms with Crippen LogP contribution >= 0.6 is 0 Å². The minimum absolute atomic E-state index is 0.00498.